The van der Waals surface area contributed by atoms with Crippen molar-refractivity contribution < 1.29 is 14.4 Å². The standard InChI is InChI=1S/C25H28N4O3S2/c1-16-19-10-14-33-20(19)9-13-29(16)24(32)17-5-7-18(8-6-17)26-22(30)15-21-23(31)27-25(34-21)28-11-3-2-4-12-28/h5-8,10,14,16,21H,2-4,9,11-13,15H2,1H3,(H,26,30). The van der Waals surface area contributed by atoms with Crippen LogP contribution in [0.2, 0.25) is 0 Å². The van der Waals surface area contributed by atoms with Crippen LogP contribution in [0.5, 0.6) is 0 Å². The Kier molecular flexibility index (Phi) is 6.74. The van der Waals surface area contributed by atoms with Gasteiger partial charge in [-0.25, -0.2) is 0 Å². The molecule has 34 heavy (non-hydrogen) atoms. The molecule has 3 amide bonds. The first-order valence-corrected chi connectivity index (χ1v) is 13.6. The second-order valence-electron chi connectivity index (χ2n) is 8.94. The molecular weight excluding hydrogens is 468 g/mol. The number of likely N-dealkylation sites (tertiary alicyclic amines) is 1. The molecule has 2 atom stereocenters. The summed E-state index contributed by atoms with van der Waals surface area (Å²) in [5, 5.41) is 5.23. The van der Waals surface area contributed by atoms with Crippen molar-refractivity contribution in [3.8, 4) is 0 Å². The summed E-state index contributed by atoms with van der Waals surface area (Å²) in [6.07, 6.45) is 4.41. The van der Waals surface area contributed by atoms with E-state index in [1.807, 2.05) is 4.90 Å². The number of anilines is 1. The Morgan fingerprint density at radius 3 is 2.62 bits per heavy atom. The number of aliphatic imine (C=N–C) groups is 1. The Balaban J connectivity index is 1.15. The van der Waals surface area contributed by atoms with Crippen LogP contribution < -0.4 is 5.32 Å². The number of thiophene rings is 1. The monoisotopic (exact) mass is 496 g/mol. The SMILES string of the molecule is CC1c2ccsc2CCN1C(=O)c1ccc(NC(=O)CC2SC(N3CCCCC3)=NC2=O)cc1. The van der Waals surface area contributed by atoms with Crippen LogP contribution in [0, 0.1) is 0 Å². The van der Waals surface area contributed by atoms with Gasteiger partial charge in [0, 0.05) is 42.2 Å². The molecule has 5 rings (SSSR count). The van der Waals surface area contributed by atoms with E-state index in [2.05, 4.69) is 33.6 Å². The average molecular weight is 497 g/mol. The van der Waals surface area contributed by atoms with E-state index in [0.29, 0.717) is 17.8 Å². The third-order valence-corrected chi connectivity index (χ3v) is 8.89. The number of benzene rings is 1. The number of carbonyl (C=O) groups is 3. The van der Waals surface area contributed by atoms with Crippen LogP contribution in [-0.2, 0) is 16.0 Å². The minimum absolute atomic E-state index is 0.00225. The summed E-state index contributed by atoms with van der Waals surface area (Å²) < 4.78 is 0. The second kappa shape index (κ2) is 9.92. The zero-order valence-corrected chi connectivity index (χ0v) is 20.8. The predicted molar refractivity (Wildman–Crippen MR) is 136 cm³/mol. The van der Waals surface area contributed by atoms with Crippen molar-refractivity contribution in [1.82, 2.24) is 9.80 Å². The minimum atomic E-state index is -0.472. The van der Waals surface area contributed by atoms with Gasteiger partial charge in [-0.2, -0.15) is 4.99 Å². The Labute approximate surface area is 207 Å². The van der Waals surface area contributed by atoms with E-state index in [9.17, 15) is 14.4 Å². The predicted octanol–water partition coefficient (Wildman–Crippen LogP) is 4.32. The second-order valence-corrected chi connectivity index (χ2v) is 11.1. The molecule has 178 valence electrons. The Morgan fingerprint density at radius 2 is 1.85 bits per heavy atom. The van der Waals surface area contributed by atoms with Crippen LogP contribution in [0.1, 0.15) is 59.4 Å². The normalized spacial score (nSPS) is 22.4. The van der Waals surface area contributed by atoms with Gasteiger partial charge in [0.1, 0.15) is 5.25 Å². The van der Waals surface area contributed by atoms with Crippen LogP contribution in [0.25, 0.3) is 0 Å². The first-order valence-electron chi connectivity index (χ1n) is 11.8. The van der Waals surface area contributed by atoms with Gasteiger partial charge in [0.05, 0.1) is 6.04 Å². The number of nitrogens with zero attached hydrogens (tertiary/aromatic N) is 3. The van der Waals surface area contributed by atoms with Crippen molar-refractivity contribution in [2.24, 2.45) is 4.99 Å². The van der Waals surface area contributed by atoms with Crippen molar-refractivity contribution in [3.05, 3.63) is 51.7 Å². The highest BCUT2D eigenvalue weighted by Gasteiger charge is 2.33. The van der Waals surface area contributed by atoms with E-state index in [0.717, 1.165) is 37.5 Å². The fourth-order valence-electron chi connectivity index (χ4n) is 4.76. The summed E-state index contributed by atoms with van der Waals surface area (Å²) >= 11 is 3.15. The van der Waals surface area contributed by atoms with Crippen molar-refractivity contribution >= 4 is 51.7 Å². The maximum atomic E-state index is 13.1. The topological polar surface area (TPSA) is 82.1 Å². The van der Waals surface area contributed by atoms with Gasteiger partial charge >= 0.3 is 0 Å². The first kappa shape index (κ1) is 23.1. The van der Waals surface area contributed by atoms with Gasteiger partial charge in [-0.05, 0) is 73.9 Å². The third kappa shape index (κ3) is 4.77. The van der Waals surface area contributed by atoms with Gasteiger partial charge in [0.2, 0.25) is 5.91 Å². The highest BCUT2D eigenvalue weighted by atomic mass is 32.2. The maximum Gasteiger partial charge on any atom is 0.262 e. The van der Waals surface area contributed by atoms with Gasteiger partial charge in [0.15, 0.2) is 5.17 Å². The maximum absolute atomic E-state index is 13.1. The molecule has 1 saturated heterocycles. The van der Waals surface area contributed by atoms with E-state index in [-0.39, 0.29) is 30.2 Å². The lowest BCUT2D eigenvalue weighted by Crippen LogP contribution is -2.38. The number of rotatable bonds is 4. The number of piperidine rings is 1. The number of hydrogen-bond acceptors (Lipinski definition) is 6. The molecule has 1 aromatic carbocycles. The van der Waals surface area contributed by atoms with Crippen molar-refractivity contribution in [1.29, 1.82) is 0 Å². The Morgan fingerprint density at radius 1 is 1.09 bits per heavy atom. The number of fused-ring (bicyclic) bond motifs is 1. The van der Waals surface area contributed by atoms with Gasteiger partial charge in [-0.1, -0.05) is 11.8 Å². The zero-order valence-electron chi connectivity index (χ0n) is 19.2. The zero-order chi connectivity index (χ0) is 23.7. The number of amidine groups is 1. The van der Waals surface area contributed by atoms with Crippen LogP contribution in [-0.4, -0.2) is 57.6 Å². The number of thioether (sulfide) groups is 1. The fraction of sp³-hybridized carbons (Fsp3) is 0.440. The molecule has 2 aromatic rings. The molecule has 1 fully saturated rings. The highest BCUT2D eigenvalue weighted by molar-refractivity contribution is 8.15. The first-order chi connectivity index (χ1) is 16.5. The number of amides is 3. The summed E-state index contributed by atoms with van der Waals surface area (Å²) in [5.74, 6) is -0.460. The summed E-state index contributed by atoms with van der Waals surface area (Å²) in [5.41, 5.74) is 2.45. The van der Waals surface area contributed by atoms with Crippen LogP contribution in [0.15, 0.2) is 40.7 Å². The minimum Gasteiger partial charge on any atom is -0.351 e. The number of nitrogens with one attached hydrogen (secondary N) is 1. The van der Waals surface area contributed by atoms with E-state index in [1.54, 1.807) is 35.6 Å². The summed E-state index contributed by atoms with van der Waals surface area (Å²) in [7, 11) is 0. The van der Waals surface area contributed by atoms with Gasteiger partial charge in [-0.3, -0.25) is 14.4 Å². The highest BCUT2D eigenvalue weighted by Crippen LogP contribution is 2.34. The largest absolute Gasteiger partial charge is 0.351 e. The molecule has 2 unspecified atom stereocenters. The number of hydrogen-bond donors (Lipinski definition) is 1. The Bertz CT molecular complexity index is 1120. The lowest BCUT2D eigenvalue weighted by Gasteiger charge is -2.33. The quantitative estimate of drug-likeness (QED) is 0.682. The smallest absolute Gasteiger partial charge is 0.262 e. The summed E-state index contributed by atoms with van der Waals surface area (Å²) in [4.78, 5) is 47.6. The fourth-order valence-corrected chi connectivity index (χ4v) is 6.84. The van der Waals surface area contributed by atoms with Gasteiger partial charge in [0.25, 0.3) is 11.8 Å². The summed E-state index contributed by atoms with van der Waals surface area (Å²) in [6, 6.07) is 9.16. The van der Waals surface area contributed by atoms with Gasteiger partial charge < -0.3 is 15.1 Å². The van der Waals surface area contributed by atoms with E-state index in [1.165, 1.54) is 28.6 Å². The molecular formula is C25H28N4O3S2. The van der Waals surface area contributed by atoms with Gasteiger partial charge in [-0.15, -0.1) is 11.3 Å². The van der Waals surface area contributed by atoms with Crippen LogP contribution >= 0.6 is 23.1 Å². The van der Waals surface area contributed by atoms with Crippen molar-refractivity contribution in [2.75, 3.05) is 25.0 Å². The molecule has 0 aliphatic carbocycles. The molecule has 0 radical (unpaired) electrons. The molecule has 0 bridgehead atoms. The molecule has 0 spiro atoms. The molecule has 7 nitrogen and oxygen atoms in total. The molecule has 0 saturated carbocycles. The molecule has 9 heteroatoms. The lowest BCUT2D eigenvalue weighted by molar-refractivity contribution is -0.121. The lowest BCUT2D eigenvalue weighted by atomic mass is 10.0. The summed E-state index contributed by atoms with van der Waals surface area (Å²) in [6.45, 7) is 4.63. The molecule has 3 aliphatic heterocycles. The molecule has 1 N–H and O–H groups in total. The van der Waals surface area contributed by atoms with E-state index < -0.39 is 5.25 Å². The van der Waals surface area contributed by atoms with E-state index in [4.69, 9.17) is 0 Å². The van der Waals surface area contributed by atoms with Crippen molar-refractivity contribution in [2.45, 2.75) is 50.3 Å². The molecule has 1 aromatic heterocycles. The van der Waals surface area contributed by atoms with E-state index >= 15 is 0 Å². The average Bonchev–Trinajstić information content (AvgIpc) is 3.47. The number of carbonyl (C=O) groups excluding carboxylic acids is 3. The van der Waals surface area contributed by atoms with Crippen LogP contribution in [0.3, 0.4) is 0 Å². The van der Waals surface area contributed by atoms with Crippen LogP contribution in [0.4, 0.5) is 5.69 Å². The molecule has 3 aliphatic rings. The molecule has 4 heterocycles. The Hall–Kier alpha value is -2.65. The third-order valence-electron chi connectivity index (χ3n) is 6.68. The van der Waals surface area contributed by atoms with Crippen molar-refractivity contribution in [3.63, 3.8) is 0 Å².